The molecule has 0 bridgehead atoms. The number of nitrogens with zero attached hydrogens (tertiary/aromatic N) is 1. The largest absolute Gasteiger partial charge is 0.245 e. The van der Waals surface area contributed by atoms with Gasteiger partial charge in [-0.3, -0.25) is 0 Å². The van der Waals surface area contributed by atoms with Crippen LogP contribution in [0.3, 0.4) is 0 Å². The predicted molar refractivity (Wildman–Crippen MR) is 66.8 cm³/mol. The van der Waals surface area contributed by atoms with Crippen molar-refractivity contribution in [3.05, 3.63) is 16.1 Å². The molecule has 16 heavy (non-hydrogen) atoms. The van der Waals surface area contributed by atoms with Crippen LogP contribution in [0, 0.1) is 0 Å². The fraction of sp³-hybridized carbons (Fsp3) is 0.727. The number of hydrogen-bond acceptors (Lipinski definition) is 4. The molecular formula is C11H17NO2S2. The lowest BCUT2D eigenvalue weighted by atomic mass is 9.93. The van der Waals surface area contributed by atoms with Gasteiger partial charge in [0.15, 0.2) is 9.84 Å². The van der Waals surface area contributed by atoms with Gasteiger partial charge in [-0.1, -0.05) is 20.8 Å². The van der Waals surface area contributed by atoms with Crippen LogP contribution in [0.25, 0.3) is 0 Å². The van der Waals surface area contributed by atoms with Crippen LogP contribution in [0.15, 0.2) is 5.38 Å². The van der Waals surface area contributed by atoms with Crippen molar-refractivity contribution >= 4 is 21.2 Å². The standard InChI is InChI=1S/C11H17NO2S2/c1-11(2,3)9-6-15-10(12-9)8-4-5-16(13,14)7-8/h6,8H,4-5,7H2,1-3H3. The van der Waals surface area contributed by atoms with E-state index < -0.39 is 9.84 Å². The van der Waals surface area contributed by atoms with Crippen molar-refractivity contribution < 1.29 is 8.42 Å². The van der Waals surface area contributed by atoms with Gasteiger partial charge < -0.3 is 0 Å². The first-order valence-corrected chi connectivity index (χ1v) is 8.14. The van der Waals surface area contributed by atoms with Crippen LogP contribution in [-0.2, 0) is 15.3 Å². The first-order valence-electron chi connectivity index (χ1n) is 5.44. The molecule has 0 spiro atoms. The molecule has 1 unspecified atom stereocenters. The Morgan fingerprint density at radius 2 is 2.12 bits per heavy atom. The third-order valence-electron chi connectivity index (χ3n) is 2.87. The van der Waals surface area contributed by atoms with E-state index in [1.807, 2.05) is 0 Å². The lowest BCUT2D eigenvalue weighted by Gasteiger charge is -2.14. The van der Waals surface area contributed by atoms with Crippen molar-refractivity contribution in [2.24, 2.45) is 0 Å². The normalized spacial score (nSPS) is 24.8. The van der Waals surface area contributed by atoms with Crippen molar-refractivity contribution in [2.45, 2.75) is 38.5 Å². The predicted octanol–water partition coefficient (Wildman–Crippen LogP) is 2.34. The van der Waals surface area contributed by atoms with Crippen LogP contribution in [0.2, 0.25) is 0 Å². The molecule has 1 saturated heterocycles. The van der Waals surface area contributed by atoms with Gasteiger partial charge in [0.05, 0.1) is 22.2 Å². The molecule has 0 amide bonds. The van der Waals surface area contributed by atoms with E-state index in [1.54, 1.807) is 11.3 Å². The SMILES string of the molecule is CC(C)(C)c1csc(C2CCS(=O)(=O)C2)n1. The fourth-order valence-electron chi connectivity index (χ4n) is 1.81. The molecule has 0 saturated carbocycles. The topological polar surface area (TPSA) is 47.0 Å². The molecular weight excluding hydrogens is 242 g/mol. The van der Waals surface area contributed by atoms with Crippen molar-refractivity contribution in [3.63, 3.8) is 0 Å². The first-order chi connectivity index (χ1) is 7.28. The second kappa shape index (κ2) is 3.81. The van der Waals surface area contributed by atoms with E-state index in [0.29, 0.717) is 5.75 Å². The smallest absolute Gasteiger partial charge is 0.151 e. The molecule has 0 aliphatic carbocycles. The third-order valence-corrected chi connectivity index (χ3v) is 5.65. The number of rotatable bonds is 1. The van der Waals surface area contributed by atoms with E-state index >= 15 is 0 Å². The zero-order chi connectivity index (χ0) is 12.0. The molecule has 1 aliphatic rings. The molecule has 0 N–H and O–H groups in total. The molecule has 90 valence electrons. The monoisotopic (exact) mass is 259 g/mol. The Bertz CT molecular complexity index is 482. The molecule has 5 heteroatoms. The summed E-state index contributed by atoms with van der Waals surface area (Å²) in [7, 11) is -2.80. The Hall–Kier alpha value is -0.420. The molecule has 1 aromatic heterocycles. The van der Waals surface area contributed by atoms with E-state index in [1.165, 1.54) is 0 Å². The average Bonchev–Trinajstić information content (AvgIpc) is 2.68. The summed E-state index contributed by atoms with van der Waals surface area (Å²) in [5.41, 5.74) is 1.11. The minimum Gasteiger partial charge on any atom is -0.245 e. The van der Waals surface area contributed by atoms with Gasteiger partial charge in [0.2, 0.25) is 0 Å². The Morgan fingerprint density at radius 1 is 1.44 bits per heavy atom. The Kier molecular flexibility index (Phi) is 2.87. The third kappa shape index (κ3) is 2.46. The van der Waals surface area contributed by atoms with Gasteiger partial charge >= 0.3 is 0 Å². The summed E-state index contributed by atoms with van der Waals surface area (Å²) in [5.74, 6) is 0.734. The fourth-order valence-corrected chi connectivity index (χ4v) is 4.85. The minimum absolute atomic E-state index is 0.0478. The highest BCUT2D eigenvalue weighted by Crippen LogP contribution is 2.33. The molecule has 1 atom stereocenters. The summed E-state index contributed by atoms with van der Waals surface area (Å²) < 4.78 is 22.8. The van der Waals surface area contributed by atoms with Gasteiger partial charge in [-0.25, -0.2) is 13.4 Å². The van der Waals surface area contributed by atoms with Crippen LogP contribution >= 0.6 is 11.3 Å². The number of thiazole rings is 1. The second-order valence-corrected chi connectivity index (χ2v) is 8.54. The molecule has 1 aliphatic heterocycles. The van der Waals surface area contributed by atoms with E-state index in [2.05, 4.69) is 31.1 Å². The summed E-state index contributed by atoms with van der Waals surface area (Å²) >= 11 is 1.60. The summed E-state index contributed by atoms with van der Waals surface area (Å²) in [4.78, 5) is 4.58. The van der Waals surface area contributed by atoms with Gasteiger partial charge in [-0.15, -0.1) is 11.3 Å². The summed E-state index contributed by atoms with van der Waals surface area (Å²) in [6, 6.07) is 0. The molecule has 3 nitrogen and oxygen atoms in total. The van der Waals surface area contributed by atoms with E-state index in [-0.39, 0.29) is 17.1 Å². The molecule has 1 aromatic rings. The van der Waals surface area contributed by atoms with Crippen LogP contribution in [-0.4, -0.2) is 24.9 Å². The maximum atomic E-state index is 11.4. The van der Waals surface area contributed by atoms with E-state index in [0.717, 1.165) is 17.1 Å². The zero-order valence-corrected chi connectivity index (χ0v) is 11.5. The molecule has 1 fully saturated rings. The van der Waals surface area contributed by atoms with Crippen molar-refractivity contribution in [3.8, 4) is 0 Å². The van der Waals surface area contributed by atoms with Crippen molar-refractivity contribution in [2.75, 3.05) is 11.5 Å². The zero-order valence-electron chi connectivity index (χ0n) is 9.86. The molecule has 0 aromatic carbocycles. The van der Waals surface area contributed by atoms with Gasteiger partial charge in [0, 0.05) is 16.7 Å². The van der Waals surface area contributed by atoms with Crippen molar-refractivity contribution in [1.82, 2.24) is 4.98 Å². The number of hydrogen-bond donors (Lipinski definition) is 0. The van der Waals surface area contributed by atoms with Gasteiger partial charge in [-0.2, -0.15) is 0 Å². The molecule has 2 rings (SSSR count). The van der Waals surface area contributed by atoms with Crippen LogP contribution in [0.5, 0.6) is 0 Å². The summed E-state index contributed by atoms with van der Waals surface area (Å²) in [6.45, 7) is 6.37. The Morgan fingerprint density at radius 3 is 2.56 bits per heavy atom. The summed E-state index contributed by atoms with van der Waals surface area (Å²) in [5, 5.41) is 3.05. The Labute approximate surface area is 101 Å². The highest BCUT2D eigenvalue weighted by atomic mass is 32.2. The van der Waals surface area contributed by atoms with Gasteiger partial charge in [0.25, 0.3) is 0 Å². The van der Waals surface area contributed by atoms with Crippen LogP contribution in [0.4, 0.5) is 0 Å². The first kappa shape index (κ1) is 12.0. The second-order valence-electron chi connectivity index (χ2n) is 5.42. The number of sulfone groups is 1. The Balaban J connectivity index is 2.21. The summed E-state index contributed by atoms with van der Waals surface area (Å²) in [6.07, 6.45) is 0.736. The van der Waals surface area contributed by atoms with E-state index in [4.69, 9.17) is 0 Å². The molecule has 0 radical (unpaired) electrons. The van der Waals surface area contributed by atoms with Crippen LogP contribution < -0.4 is 0 Å². The van der Waals surface area contributed by atoms with Gasteiger partial charge in [-0.05, 0) is 6.42 Å². The molecule has 2 heterocycles. The maximum Gasteiger partial charge on any atom is 0.151 e. The maximum absolute atomic E-state index is 11.4. The van der Waals surface area contributed by atoms with E-state index in [9.17, 15) is 8.42 Å². The van der Waals surface area contributed by atoms with Crippen LogP contribution in [0.1, 0.15) is 43.8 Å². The average molecular weight is 259 g/mol. The minimum atomic E-state index is -2.80. The highest BCUT2D eigenvalue weighted by molar-refractivity contribution is 7.91. The van der Waals surface area contributed by atoms with Gasteiger partial charge in [0.1, 0.15) is 0 Å². The highest BCUT2D eigenvalue weighted by Gasteiger charge is 2.31. The lowest BCUT2D eigenvalue weighted by Crippen LogP contribution is -2.12. The number of aromatic nitrogens is 1. The quantitative estimate of drug-likeness (QED) is 0.777. The van der Waals surface area contributed by atoms with Crippen molar-refractivity contribution in [1.29, 1.82) is 0 Å². The lowest BCUT2D eigenvalue weighted by molar-refractivity contribution is 0.568.